The Morgan fingerprint density at radius 2 is 2.28 bits per heavy atom. The summed E-state index contributed by atoms with van der Waals surface area (Å²) < 4.78 is 5.22. The highest BCUT2D eigenvalue weighted by Crippen LogP contribution is 2.15. The Hall–Kier alpha value is -1.82. The summed E-state index contributed by atoms with van der Waals surface area (Å²) in [5, 5.41) is 3.04. The van der Waals surface area contributed by atoms with Gasteiger partial charge < -0.3 is 20.7 Å². The van der Waals surface area contributed by atoms with Gasteiger partial charge in [0.05, 0.1) is 18.9 Å². The third-order valence-electron chi connectivity index (χ3n) is 2.89. The van der Waals surface area contributed by atoms with Crippen LogP contribution in [0.15, 0.2) is 18.3 Å². The summed E-state index contributed by atoms with van der Waals surface area (Å²) in [5.74, 6) is 0.593. The molecule has 1 unspecified atom stereocenters. The first-order valence-electron chi connectivity index (χ1n) is 6.02. The number of carbonyl (C=O) groups is 1. The van der Waals surface area contributed by atoms with Crippen LogP contribution in [0.2, 0.25) is 0 Å². The normalized spacial score (nSPS) is 17.3. The van der Waals surface area contributed by atoms with Crippen LogP contribution in [0.1, 0.15) is 6.92 Å². The first-order valence-corrected chi connectivity index (χ1v) is 6.02. The highest BCUT2D eigenvalue weighted by Gasteiger charge is 2.22. The Bertz CT molecular complexity index is 418. The second kappa shape index (κ2) is 5.68. The van der Waals surface area contributed by atoms with Gasteiger partial charge in [-0.25, -0.2) is 4.98 Å². The Balaban J connectivity index is 1.96. The van der Waals surface area contributed by atoms with Crippen molar-refractivity contribution in [2.75, 3.05) is 37.4 Å². The molecule has 0 aromatic carbocycles. The number of nitrogens with two attached hydrogens (primary N) is 1. The fraction of sp³-hybridized carbons (Fsp3) is 0.500. The number of pyridine rings is 1. The zero-order chi connectivity index (χ0) is 13.0. The van der Waals surface area contributed by atoms with E-state index in [2.05, 4.69) is 10.3 Å². The van der Waals surface area contributed by atoms with Gasteiger partial charge in [-0.05, 0) is 19.1 Å². The van der Waals surface area contributed by atoms with E-state index in [0.717, 1.165) is 0 Å². The molecule has 98 valence electrons. The maximum absolute atomic E-state index is 12.2. The molecule has 0 spiro atoms. The molecule has 0 aliphatic carbocycles. The number of rotatable bonds is 3. The van der Waals surface area contributed by atoms with E-state index in [1.165, 1.54) is 0 Å². The Kier molecular flexibility index (Phi) is 3.99. The fourth-order valence-electron chi connectivity index (χ4n) is 1.86. The van der Waals surface area contributed by atoms with Gasteiger partial charge in [-0.2, -0.15) is 0 Å². The Morgan fingerprint density at radius 1 is 1.56 bits per heavy atom. The number of anilines is 2. The third-order valence-corrected chi connectivity index (χ3v) is 2.89. The lowest BCUT2D eigenvalue weighted by molar-refractivity contribution is -0.135. The second-order valence-corrected chi connectivity index (χ2v) is 4.24. The van der Waals surface area contributed by atoms with Gasteiger partial charge in [-0.3, -0.25) is 4.79 Å². The average molecular weight is 250 g/mol. The summed E-state index contributed by atoms with van der Waals surface area (Å²) >= 11 is 0. The van der Waals surface area contributed by atoms with Crippen molar-refractivity contribution in [2.24, 2.45) is 0 Å². The topological polar surface area (TPSA) is 80.5 Å². The fourth-order valence-corrected chi connectivity index (χ4v) is 1.86. The molecule has 1 saturated heterocycles. The minimum absolute atomic E-state index is 0.0448. The van der Waals surface area contributed by atoms with E-state index >= 15 is 0 Å². The lowest BCUT2D eigenvalue weighted by atomic mass is 10.2. The van der Waals surface area contributed by atoms with E-state index in [4.69, 9.17) is 10.5 Å². The van der Waals surface area contributed by atoms with Crippen LogP contribution in [0.25, 0.3) is 0 Å². The zero-order valence-electron chi connectivity index (χ0n) is 10.4. The van der Waals surface area contributed by atoms with Crippen molar-refractivity contribution in [1.29, 1.82) is 0 Å². The molecule has 1 aliphatic heterocycles. The van der Waals surface area contributed by atoms with E-state index in [1.807, 2.05) is 6.92 Å². The molecule has 3 N–H and O–H groups in total. The number of aromatic nitrogens is 1. The van der Waals surface area contributed by atoms with Crippen molar-refractivity contribution >= 4 is 17.4 Å². The molecule has 1 atom stereocenters. The van der Waals surface area contributed by atoms with E-state index < -0.39 is 0 Å². The van der Waals surface area contributed by atoms with Crippen molar-refractivity contribution in [3.05, 3.63) is 18.3 Å². The predicted octanol–water partition coefficient (Wildman–Crippen LogP) is 0.323. The number of nitrogens with zero attached hydrogens (tertiary/aromatic N) is 2. The highest BCUT2D eigenvalue weighted by molar-refractivity contribution is 5.85. The Labute approximate surface area is 106 Å². The molecule has 0 saturated carbocycles. The van der Waals surface area contributed by atoms with Gasteiger partial charge >= 0.3 is 0 Å². The van der Waals surface area contributed by atoms with Gasteiger partial charge in [0.25, 0.3) is 0 Å². The highest BCUT2D eigenvalue weighted by atomic mass is 16.5. The van der Waals surface area contributed by atoms with Crippen LogP contribution in [0.4, 0.5) is 11.5 Å². The molecule has 1 aromatic heterocycles. The predicted molar refractivity (Wildman–Crippen MR) is 69.1 cm³/mol. The number of ether oxygens (including phenoxy) is 1. The number of carbonyl (C=O) groups excluding carboxylic acids is 1. The molecule has 6 nitrogen and oxygen atoms in total. The molecule has 0 radical (unpaired) electrons. The number of amides is 1. The van der Waals surface area contributed by atoms with Crippen LogP contribution in [0.5, 0.6) is 0 Å². The molecular weight excluding hydrogens is 232 g/mol. The molecular formula is C12H18N4O2. The number of hydrogen-bond acceptors (Lipinski definition) is 5. The van der Waals surface area contributed by atoms with Crippen molar-refractivity contribution in [1.82, 2.24) is 9.88 Å². The summed E-state index contributed by atoms with van der Waals surface area (Å²) in [6.07, 6.45) is 1.64. The number of morpholine rings is 1. The SMILES string of the molecule is CC(Nc1ncccc1N)C(=O)N1CCOCC1. The van der Waals surface area contributed by atoms with Crippen LogP contribution in [0, 0.1) is 0 Å². The molecule has 18 heavy (non-hydrogen) atoms. The lowest BCUT2D eigenvalue weighted by Crippen LogP contribution is -2.47. The van der Waals surface area contributed by atoms with Crippen molar-refractivity contribution < 1.29 is 9.53 Å². The second-order valence-electron chi connectivity index (χ2n) is 4.24. The van der Waals surface area contributed by atoms with Crippen molar-refractivity contribution in [3.63, 3.8) is 0 Å². The molecule has 2 heterocycles. The molecule has 1 fully saturated rings. The van der Waals surface area contributed by atoms with Gasteiger partial charge in [0, 0.05) is 19.3 Å². The quantitative estimate of drug-likeness (QED) is 0.807. The summed E-state index contributed by atoms with van der Waals surface area (Å²) in [5.41, 5.74) is 6.32. The first-order chi connectivity index (χ1) is 8.68. The van der Waals surface area contributed by atoms with E-state index in [-0.39, 0.29) is 11.9 Å². The van der Waals surface area contributed by atoms with Crippen LogP contribution in [-0.2, 0) is 9.53 Å². The smallest absolute Gasteiger partial charge is 0.244 e. The number of nitrogen functional groups attached to an aromatic ring is 1. The maximum atomic E-state index is 12.2. The summed E-state index contributed by atoms with van der Waals surface area (Å²) in [6.45, 7) is 4.30. The van der Waals surface area contributed by atoms with E-state index in [9.17, 15) is 4.79 Å². The number of nitrogens with one attached hydrogen (secondary N) is 1. The zero-order valence-corrected chi connectivity index (χ0v) is 10.4. The average Bonchev–Trinajstić information content (AvgIpc) is 2.41. The van der Waals surface area contributed by atoms with Gasteiger partial charge in [0.2, 0.25) is 5.91 Å². The van der Waals surface area contributed by atoms with Crippen LogP contribution < -0.4 is 11.1 Å². The van der Waals surface area contributed by atoms with Crippen molar-refractivity contribution in [3.8, 4) is 0 Å². The van der Waals surface area contributed by atoms with Gasteiger partial charge in [0.15, 0.2) is 0 Å². The lowest BCUT2D eigenvalue weighted by Gasteiger charge is -2.29. The molecule has 6 heteroatoms. The molecule has 0 bridgehead atoms. The monoisotopic (exact) mass is 250 g/mol. The molecule has 2 rings (SSSR count). The van der Waals surface area contributed by atoms with Gasteiger partial charge in [-0.15, -0.1) is 0 Å². The molecule has 1 amide bonds. The van der Waals surface area contributed by atoms with Gasteiger partial charge in [-0.1, -0.05) is 0 Å². The van der Waals surface area contributed by atoms with E-state index in [1.54, 1.807) is 23.2 Å². The minimum atomic E-state index is -0.347. The first kappa shape index (κ1) is 12.6. The summed E-state index contributed by atoms with van der Waals surface area (Å²) in [4.78, 5) is 18.1. The molecule has 1 aromatic rings. The number of hydrogen-bond donors (Lipinski definition) is 2. The summed E-state index contributed by atoms with van der Waals surface area (Å²) in [6, 6.07) is 3.16. The standard InChI is InChI=1S/C12H18N4O2/c1-9(12(17)16-5-7-18-8-6-16)15-11-10(13)3-2-4-14-11/h2-4,9H,5-8,13H2,1H3,(H,14,15). The van der Waals surface area contributed by atoms with E-state index in [0.29, 0.717) is 37.8 Å². The van der Waals surface area contributed by atoms with Crippen molar-refractivity contribution in [2.45, 2.75) is 13.0 Å². The van der Waals surface area contributed by atoms with Crippen LogP contribution in [0.3, 0.4) is 0 Å². The minimum Gasteiger partial charge on any atom is -0.396 e. The largest absolute Gasteiger partial charge is 0.396 e. The summed E-state index contributed by atoms with van der Waals surface area (Å²) in [7, 11) is 0. The van der Waals surface area contributed by atoms with Crippen LogP contribution >= 0.6 is 0 Å². The Morgan fingerprint density at radius 3 is 2.94 bits per heavy atom. The molecule has 1 aliphatic rings. The maximum Gasteiger partial charge on any atom is 0.244 e. The van der Waals surface area contributed by atoms with Crippen LogP contribution in [-0.4, -0.2) is 48.1 Å². The van der Waals surface area contributed by atoms with Gasteiger partial charge in [0.1, 0.15) is 11.9 Å². The third kappa shape index (κ3) is 2.89.